The molecule has 1 aliphatic rings. The van der Waals surface area contributed by atoms with Gasteiger partial charge in [-0.25, -0.2) is 0 Å². The number of piperidine rings is 1. The summed E-state index contributed by atoms with van der Waals surface area (Å²) >= 11 is 3.54. The fraction of sp³-hybridized carbons (Fsp3) is 0.571. The van der Waals surface area contributed by atoms with Gasteiger partial charge in [-0.15, -0.1) is 0 Å². The molecule has 2 rings (SSSR count). The van der Waals surface area contributed by atoms with E-state index in [9.17, 15) is 0 Å². The van der Waals surface area contributed by atoms with Crippen molar-refractivity contribution in [3.05, 3.63) is 28.2 Å². The smallest absolute Gasteiger partial charge is 0.0608 e. The number of nitrogens with two attached hydrogens (primary N) is 1. The Morgan fingerprint density at radius 3 is 2.72 bits per heavy atom. The van der Waals surface area contributed by atoms with Gasteiger partial charge >= 0.3 is 0 Å². The van der Waals surface area contributed by atoms with Crippen LogP contribution in [0.3, 0.4) is 0 Å². The summed E-state index contributed by atoms with van der Waals surface area (Å²) in [6.07, 6.45) is 2.63. The van der Waals surface area contributed by atoms with Crippen LogP contribution in [0.5, 0.6) is 0 Å². The fourth-order valence-corrected chi connectivity index (χ4v) is 2.85. The Bertz CT molecular complexity index is 389. The SMILES string of the molecule is CCOC1CCN(c2cc(Br)ccc2CN)CC1. The van der Waals surface area contributed by atoms with Crippen molar-refractivity contribution in [3.63, 3.8) is 0 Å². The van der Waals surface area contributed by atoms with Crippen molar-refractivity contribution in [2.75, 3.05) is 24.6 Å². The first kappa shape index (κ1) is 13.8. The van der Waals surface area contributed by atoms with Crippen molar-refractivity contribution in [2.45, 2.75) is 32.4 Å². The first-order valence-electron chi connectivity index (χ1n) is 6.59. The van der Waals surface area contributed by atoms with Crippen LogP contribution in [0.15, 0.2) is 22.7 Å². The molecule has 1 saturated heterocycles. The molecule has 0 aromatic heterocycles. The zero-order chi connectivity index (χ0) is 13.0. The molecular weight excluding hydrogens is 292 g/mol. The molecule has 1 aliphatic heterocycles. The molecular formula is C14H21BrN2O. The third-order valence-corrected chi connectivity index (χ3v) is 3.95. The minimum atomic E-state index is 0.430. The van der Waals surface area contributed by atoms with Crippen LogP contribution in [0, 0.1) is 0 Å². The molecule has 18 heavy (non-hydrogen) atoms. The summed E-state index contributed by atoms with van der Waals surface area (Å²) in [4.78, 5) is 2.42. The van der Waals surface area contributed by atoms with Gasteiger partial charge in [-0.1, -0.05) is 22.0 Å². The van der Waals surface area contributed by atoms with Crippen LogP contribution < -0.4 is 10.6 Å². The summed E-state index contributed by atoms with van der Waals surface area (Å²) < 4.78 is 6.80. The highest BCUT2D eigenvalue weighted by Gasteiger charge is 2.20. The Morgan fingerprint density at radius 1 is 1.39 bits per heavy atom. The van der Waals surface area contributed by atoms with Crippen molar-refractivity contribution in [2.24, 2.45) is 5.73 Å². The second kappa shape index (κ2) is 6.55. The predicted octanol–water partition coefficient (Wildman–Crippen LogP) is 2.91. The van der Waals surface area contributed by atoms with Gasteiger partial charge in [0.15, 0.2) is 0 Å². The minimum Gasteiger partial charge on any atom is -0.378 e. The third-order valence-electron chi connectivity index (χ3n) is 3.45. The van der Waals surface area contributed by atoms with E-state index in [4.69, 9.17) is 10.5 Å². The molecule has 100 valence electrons. The summed E-state index contributed by atoms with van der Waals surface area (Å²) in [6.45, 7) is 5.57. The lowest BCUT2D eigenvalue weighted by Gasteiger charge is -2.34. The van der Waals surface area contributed by atoms with Gasteiger partial charge in [-0.2, -0.15) is 0 Å². The Morgan fingerprint density at radius 2 is 2.11 bits per heavy atom. The molecule has 1 aromatic carbocycles. The molecule has 3 nitrogen and oxygen atoms in total. The van der Waals surface area contributed by atoms with Crippen LogP contribution in [0.4, 0.5) is 5.69 Å². The highest BCUT2D eigenvalue weighted by atomic mass is 79.9. The van der Waals surface area contributed by atoms with Crippen LogP contribution in [-0.4, -0.2) is 25.8 Å². The number of benzene rings is 1. The minimum absolute atomic E-state index is 0.430. The summed E-state index contributed by atoms with van der Waals surface area (Å²) in [7, 11) is 0. The Balaban J connectivity index is 2.06. The molecule has 0 aliphatic carbocycles. The first-order chi connectivity index (χ1) is 8.74. The lowest BCUT2D eigenvalue weighted by atomic mass is 10.0. The van der Waals surface area contributed by atoms with E-state index < -0.39 is 0 Å². The number of rotatable bonds is 4. The molecule has 4 heteroatoms. The number of nitrogens with zero attached hydrogens (tertiary/aromatic N) is 1. The van der Waals surface area contributed by atoms with E-state index in [0.717, 1.165) is 37.0 Å². The quantitative estimate of drug-likeness (QED) is 0.929. The summed E-state index contributed by atoms with van der Waals surface area (Å²) in [5.41, 5.74) is 8.30. The summed E-state index contributed by atoms with van der Waals surface area (Å²) in [6, 6.07) is 6.33. The molecule has 0 unspecified atom stereocenters. The number of ether oxygens (including phenoxy) is 1. The molecule has 0 spiro atoms. The molecule has 2 N–H and O–H groups in total. The molecule has 0 bridgehead atoms. The molecule has 0 saturated carbocycles. The molecule has 1 aromatic rings. The van der Waals surface area contributed by atoms with E-state index in [1.54, 1.807) is 0 Å². The van der Waals surface area contributed by atoms with E-state index in [1.807, 2.05) is 0 Å². The molecule has 0 radical (unpaired) electrons. The van der Waals surface area contributed by atoms with Crippen LogP contribution in [0.2, 0.25) is 0 Å². The van der Waals surface area contributed by atoms with Crippen molar-refractivity contribution in [1.29, 1.82) is 0 Å². The highest BCUT2D eigenvalue weighted by Crippen LogP contribution is 2.28. The molecule has 1 heterocycles. The van der Waals surface area contributed by atoms with Gasteiger partial charge < -0.3 is 15.4 Å². The Labute approximate surface area is 117 Å². The van der Waals surface area contributed by atoms with E-state index >= 15 is 0 Å². The monoisotopic (exact) mass is 312 g/mol. The van der Waals surface area contributed by atoms with Crippen molar-refractivity contribution in [1.82, 2.24) is 0 Å². The first-order valence-corrected chi connectivity index (χ1v) is 7.39. The lowest BCUT2D eigenvalue weighted by Crippen LogP contribution is -2.37. The van der Waals surface area contributed by atoms with E-state index in [2.05, 4.69) is 46.0 Å². The average Bonchev–Trinajstić information content (AvgIpc) is 2.40. The highest BCUT2D eigenvalue weighted by molar-refractivity contribution is 9.10. The maximum atomic E-state index is 5.82. The topological polar surface area (TPSA) is 38.5 Å². The van der Waals surface area contributed by atoms with Crippen molar-refractivity contribution in [3.8, 4) is 0 Å². The number of hydrogen-bond donors (Lipinski definition) is 1. The third kappa shape index (κ3) is 3.25. The van der Waals surface area contributed by atoms with Gasteiger partial charge in [0.25, 0.3) is 0 Å². The number of anilines is 1. The molecule has 1 fully saturated rings. The van der Waals surface area contributed by atoms with Gasteiger partial charge in [0.1, 0.15) is 0 Å². The average molecular weight is 313 g/mol. The summed E-state index contributed by atoms with van der Waals surface area (Å²) in [5, 5.41) is 0. The fourth-order valence-electron chi connectivity index (χ4n) is 2.50. The van der Waals surface area contributed by atoms with E-state index in [-0.39, 0.29) is 0 Å². The van der Waals surface area contributed by atoms with Crippen LogP contribution in [0.25, 0.3) is 0 Å². The van der Waals surface area contributed by atoms with Gasteiger partial charge in [-0.3, -0.25) is 0 Å². The van der Waals surface area contributed by atoms with Crippen molar-refractivity contribution >= 4 is 21.6 Å². The Hall–Kier alpha value is -0.580. The zero-order valence-corrected chi connectivity index (χ0v) is 12.4. The van der Waals surface area contributed by atoms with Crippen molar-refractivity contribution < 1.29 is 4.74 Å². The maximum absolute atomic E-state index is 5.82. The summed E-state index contributed by atoms with van der Waals surface area (Å²) in [5.74, 6) is 0. The number of halogens is 1. The number of hydrogen-bond acceptors (Lipinski definition) is 3. The Kier molecular flexibility index (Phi) is 5.03. The van der Waals surface area contributed by atoms with Gasteiger partial charge in [0, 0.05) is 36.4 Å². The maximum Gasteiger partial charge on any atom is 0.0608 e. The zero-order valence-electron chi connectivity index (χ0n) is 10.9. The van der Waals surface area contributed by atoms with Crippen LogP contribution in [0.1, 0.15) is 25.3 Å². The van der Waals surface area contributed by atoms with E-state index in [1.165, 1.54) is 11.3 Å². The second-order valence-corrected chi connectivity index (χ2v) is 5.53. The van der Waals surface area contributed by atoms with Gasteiger partial charge in [-0.05, 0) is 37.5 Å². The largest absolute Gasteiger partial charge is 0.378 e. The molecule has 0 amide bonds. The normalized spacial score (nSPS) is 17.2. The van der Waals surface area contributed by atoms with Crippen LogP contribution in [-0.2, 0) is 11.3 Å². The standard InChI is InChI=1S/C14H21BrN2O/c1-2-18-13-5-7-17(8-6-13)14-9-12(15)4-3-11(14)10-16/h3-4,9,13H,2,5-8,10,16H2,1H3. The molecule has 0 atom stereocenters. The lowest BCUT2D eigenvalue weighted by molar-refractivity contribution is 0.0459. The second-order valence-electron chi connectivity index (χ2n) is 4.62. The van der Waals surface area contributed by atoms with Gasteiger partial charge in [0.05, 0.1) is 6.10 Å². The van der Waals surface area contributed by atoms with E-state index in [0.29, 0.717) is 12.6 Å². The van der Waals surface area contributed by atoms with Gasteiger partial charge in [0.2, 0.25) is 0 Å². The van der Waals surface area contributed by atoms with Crippen LogP contribution >= 0.6 is 15.9 Å². The predicted molar refractivity (Wildman–Crippen MR) is 78.9 cm³/mol.